The highest BCUT2D eigenvalue weighted by molar-refractivity contribution is 6.01. The van der Waals surface area contributed by atoms with Crippen molar-refractivity contribution in [3.8, 4) is 11.5 Å². The van der Waals surface area contributed by atoms with E-state index in [-0.39, 0.29) is 171 Å². The normalized spacial score (nSPS) is 14.2. The van der Waals surface area contributed by atoms with Crippen LogP contribution in [0.25, 0.3) is 0 Å². The van der Waals surface area contributed by atoms with Gasteiger partial charge in [-0.05, 0) is 208 Å². The summed E-state index contributed by atoms with van der Waals surface area (Å²) in [5.74, 6) is -21.2. The van der Waals surface area contributed by atoms with Crippen LogP contribution < -0.4 is 141 Å². The van der Waals surface area contributed by atoms with Crippen LogP contribution in [0.3, 0.4) is 0 Å². The number of carboxylic acid groups (broad SMARTS) is 1. The van der Waals surface area contributed by atoms with Crippen molar-refractivity contribution in [2.24, 2.45) is 52.0 Å². The summed E-state index contributed by atoms with van der Waals surface area (Å²) in [5.41, 5.74) is 40.3. The van der Waals surface area contributed by atoms with Gasteiger partial charge in [0, 0.05) is 32.4 Å². The summed E-state index contributed by atoms with van der Waals surface area (Å²) in [6, 6.07) is -13.8. The highest BCUT2D eigenvalue weighted by Gasteiger charge is 2.40. The second-order valence-electron chi connectivity index (χ2n) is 34.8. The third kappa shape index (κ3) is 50.3. The van der Waals surface area contributed by atoms with Crippen LogP contribution in [0.1, 0.15) is 181 Å². The lowest BCUT2D eigenvalue weighted by atomic mass is 10.0. The van der Waals surface area contributed by atoms with Gasteiger partial charge in [-0.25, -0.2) is 4.79 Å². The van der Waals surface area contributed by atoms with Crippen molar-refractivity contribution in [1.29, 1.82) is 10.8 Å². The van der Waals surface area contributed by atoms with Gasteiger partial charge in [0.25, 0.3) is 0 Å². The van der Waals surface area contributed by atoms with E-state index in [4.69, 9.17) is 51.0 Å². The second-order valence-corrected chi connectivity index (χ2v) is 34.8. The van der Waals surface area contributed by atoms with Crippen molar-refractivity contribution in [3.63, 3.8) is 0 Å². The average molecular weight is 2030 g/mol. The number of amides is 17. The molecule has 2 rings (SSSR count). The first-order valence-corrected chi connectivity index (χ1v) is 48.0. The number of benzene rings is 2. The van der Waals surface area contributed by atoms with E-state index in [2.05, 4.69) is 101 Å². The fourth-order valence-corrected chi connectivity index (χ4v) is 14.2. The Morgan fingerprint density at radius 2 is 0.531 bits per heavy atom. The maximum absolute atomic E-state index is 15.1. The van der Waals surface area contributed by atoms with Crippen molar-refractivity contribution in [1.82, 2.24) is 101 Å². The lowest BCUT2D eigenvalue weighted by Gasteiger charge is -2.28. The number of aromatic hydroxyl groups is 2. The van der Waals surface area contributed by atoms with Crippen LogP contribution in [-0.2, 0) is 99.1 Å². The van der Waals surface area contributed by atoms with Gasteiger partial charge in [-0.3, -0.25) is 92.3 Å². The molecular formula is C90H154N28O25. The lowest BCUT2D eigenvalue weighted by Crippen LogP contribution is -2.62. The maximum Gasteiger partial charge on any atom is 0.326 e. The molecule has 143 heavy (non-hydrogen) atoms. The summed E-state index contributed by atoms with van der Waals surface area (Å²) in [7, 11) is 0. The van der Waals surface area contributed by atoms with Gasteiger partial charge in [0.05, 0.1) is 39.5 Å². The Hall–Kier alpha value is -13.3. The summed E-state index contributed by atoms with van der Waals surface area (Å²) in [4.78, 5) is 251. The fourth-order valence-electron chi connectivity index (χ4n) is 14.2. The predicted molar refractivity (Wildman–Crippen MR) is 522 cm³/mol. The topological polar surface area (TPSA) is 907 Å². The molecule has 0 fully saturated rings. The van der Waals surface area contributed by atoms with E-state index in [1.807, 2.05) is 0 Å². The molecular weight excluding hydrogens is 1870 g/mol. The molecule has 0 aliphatic carbocycles. The molecule has 0 spiro atoms. The first kappa shape index (κ1) is 126. The number of carbonyl (C=O) groups is 18. The molecule has 0 saturated carbocycles. The highest BCUT2D eigenvalue weighted by Crippen LogP contribution is 2.18. The third-order valence-electron chi connectivity index (χ3n) is 22.3. The molecule has 2 aromatic carbocycles. The van der Waals surface area contributed by atoms with Crippen molar-refractivity contribution >= 4 is 118 Å². The van der Waals surface area contributed by atoms with Crippen molar-refractivity contribution < 1.29 is 122 Å². The van der Waals surface area contributed by atoms with Crippen LogP contribution in [0.5, 0.6) is 11.5 Å². The zero-order chi connectivity index (χ0) is 107. The van der Waals surface area contributed by atoms with E-state index in [9.17, 15) is 103 Å². The number of phenols is 2. The van der Waals surface area contributed by atoms with Crippen LogP contribution >= 0.6 is 0 Å². The van der Waals surface area contributed by atoms with Gasteiger partial charge >= 0.3 is 5.97 Å². The summed E-state index contributed by atoms with van der Waals surface area (Å²) < 4.78 is 0. The lowest BCUT2D eigenvalue weighted by molar-refractivity contribution is -0.142. The number of hydrogen-bond donors (Lipinski definition) is 35. The molecule has 15 atom stereocenters. The summed E-state index contributed by atoms with van der Waals surface area (Å²) in [5, 5.41) is 135. The quantitative estimate of drug-likeness (QED) is 0.0166. The molecule has 0 unspecified atom stereocenters. The number of hydrogen-bond acceptors (Lipinski definition) is 31. The van der Waals surface area contributed by atoms with E-state index in [0.717, 1.165) is 0 Å². The molecule has 0 bridgehead atoms. The fraction of sp³-hybridized carbons (Fsp3) is 0.644. The number of guanidine groups is 2. The number of carbonyl (C=O) groups excluding carboxylic acids is 17. The van der Waals surface area contributed by atoms with Crippen LogP contribution in [0.2, 0.25) is 0 Å². The monoisotopic (exact) mass is 2030 g/mol. The van der Waals surface area contributed by atoms with Gasteiger partial charge in [0.2, 0.25) is 100 Å². The Morgan fingerprint density at radius 1 is 0.287 bits per heavy atom. The van der Waals surface area contributed by atoms with Crippen molar-refractivity contribution in [3.05, 3.63) is 59.7 Å². The van der Waals surface area contributed by atoms with Crippen LogP contribution in [0.15, 0.2) is 48.5 Å². The number of phenolic OH excluding ortho intramolecular Hbond substituents is 2. The molecule has 0 aliphatic rings. The maximum atomic E-state index is 15.1. The number of aliphatic carboxylic acids is 1. The van der Waals surface area contributed by atoms with Crippen LogP contribution in [0.4, 0.5) is 0 Å². The summed E-state index contributed by atoms with van der Waals surface area (Å²) in [6.07, 6.45) is 1.78. The molecule has 0 saturated heterocycles. The number of carboxylic acids is 1. The number of rotatable bonds is 74. The minimum Gasteiger partial charge on any atom is -0.508 e. The highest BCUT2D eigenvalue weighted by atomic mass is 16.4. The Kier molecular flexibility index (Phi) is 61.9. The van der Waals surface area contributed by atoms with Gasteiger partial charge in [0.15, 0.2) is 11.9 Å². The smallest absolute Gasteiger partial charge is 0.326 e. The second kappa shape index (κ2) is 70.4. The molecule has 0 aliphatic heterocycles. The molecule has 2 aromatic rings. The van der Waals surface area contributed by atoms with Gasteiger partial charge in [0.1, 0.15) is 102 Å². The number of unbranched alkanes of at least 4 members (excludes halogenated alkanes) is 5. The molecule has 53 nitrogen and oxygen atoms in total. The van der Waals surface area contributed by atoms with Crippen molar-refractivity contribution in [2.75, 3.05) is 85.3 Å². The molecule has 0 aromatic heterocycles. The molecule has 0 heterocycles. The Bertz CT molecular complexity index is 4320. The van der Waals surface area contributed by atoms with E-state index in [1.165, 1.54) is 62.4 Å². The number of nitrogens with two attached hydrogens (primary N) is 7. The van der Waals surface area contributed by atoms with E-state index in [0.29, 0.717) is 38.6 Å². The first-order valence-electron chi connectivity index (χ1n) is 48.0. The summed E-state index contributed by atoms with van der Waals surface area (Å²) >= 11 is 0. The Labute approximate surface area is 830 Å². The zero-order valence-electron chi connectivity index (χ0n) is 81.9. The number of aliphatic hydroxyl groups excluding tert-OH is 4. The number of aliphatic hydroxyl groups is 4. The molecule has 17 amide bonds. The first-order chi connectivity index (χ1) is 68.0. The molecule has 53 heteroatoms. The van der Waals surface area contributed by atoms with Crippen LogP contribution in [0, 0.1) is 22.7 Å². The Balaban J connectivity index is 2.65. The zero-order valence-corrected chi connectivity index (χ0v) is 81.9. The SMILES string of the molecule is CCCC(=O)N[C@@H](CCCCN)C(=O)NCC(=O)N[C@H](C(=O)N[C@@H](CO)C(=O)N[C@@H](CCCCN)C(=O)N[C@@H](CO)C(=O)N[C@@H](Cc1ccc(O)cc1)C(=O)N[C@@H](CCCNC(=N)N)C(=O)N[C@@H](CCCCN)C(=O)N[C@@H](CCCNC(=N)N)C(=O)N[C@@H](Cc1ccc(O)cc1)C(=O)N[C@@H](CO)C(=O)N[C@@H](CCCCN)C(=O)N[C@@H](CO)C(=O)N[C@H](C(=O)NCC(=O)N[C@@H](CCCCN)C(=O)O)C(C)C)C(C)C. The average Bonchev–Trinajstić information content (AvgIpc) is 0.849. The Morgan fingerprint density at radius 3 is 0.825 bits per heavy atom. The van der Waals surface area contributed by atoms with Crippen molar-refractivity contribution in [2.45, 2.75) is 273 Å². The minimum atomic E-state index is -1.95. The minimum absolute atomic E-state index is 0.0504. The summed E-state index contributed by atoms with van der Waals surface area (Å²) in [6.45, 7) is 2.78. The van der Waals surface area contributed by atoms with Gasteiger partial charge in [-0.15, -0.1) is 0 Å². The van der Waals surface area contributed by atoms with E-state index < -0.39 is 267 Å². The standard InChI is InChI=1S/C90H154N28O25/c1-6-19-69(125)104-56(20-7-12-35-91)74(128)102-45-71(127)117-73(51(4)5)87(141)116-67(48-121)83(137)110-58(22-9-14-37-93)78(132)113-66(47-120)84(138)112-63(42-52-27-31-54(123)32-28-52)80(134)108-60(25-17-40-100-89(96)97)76(130)106-57(21-8-13-36-92)75(129)107-61(26-18-41-101-90(98)99)77(131)111-64(43-53-29-33-55(124)34-30-53)81(135)115-65(46-119)82(136)109-59(23-10-15-38-94)79(133)114-68(49-122)85(139)118-72(50(2)3)86(140)103-44-70(126)105-62(88(142)143)24-11-16-39-95/h27-34,50-51,56-68,72-73,119-124H,6-26,35-49,91-95H2,1-5H3,(H,102,128)(H,103,140)(H,104,125)(H,105,126)(H,106,130)(H,107,129)(H,108,134)(H,109,136)(H,110,137)(H,111,131)(H,112,138)(H,113,132)(H,114,133)(H,115,135)(H,116,141)(H,117,127)(H,118,139)(H,142,143)(H4,96,97,100)(H4,98,99,101)/t56-,57-,58-,59-,60-,61-,62-,63-,64-,65-,66-,67-,68-,72-,73-/m0/s1. The molecule has 0 radical (unpaired) electrons. The third-order valence-corrected chi connectivity index (χ3v) is 22.3. The number of nitrogens with one attached hydrogen (secondary N) is 21. The largest absolute Gasteiger partial charge is 0.508 e. The van der Waals surface area contributed by atoms with Gasteiger partial charge < -0.3 is 177 Å². The van der Waals surface area contributed by atoms with Gasteiger partial charge in [-0.1, -0.05) is 58.9 Å². The predicted octanol–water partition coefficient (Wildman–Crippen LogP) is -10.3. The van der Waals surface area contributed by atoms with E-state index in [1.54, 1.807) is 20.8 Å². The van der Waals surface area contributed by atoms with E-state index >= 15 is 19.2 Å². The molecule has 42 N–H and O–H groups in total. The van der Waals surface area contributed by atoms with Crippen LogP contribution in [-0.4, -0.2) is 330 Å². The molecule has 804 valence electrons. The van der Waals surface area contributed by atoms with Gasteiger partial charge in [-0.2, -0.15) is 0 Å².